The van der Waals surface area contributed by atoms with E-state index < -0.39 is 0 Å². The quantitative estimate of drug-likeness (QED) is 0.455. The zero-order valence-electron chi connectivity index (χ0n) is 6.80. The Labute approximate surface area is 70.7 Å². The first-order chi connectivity index (χ1) is 5.83. The molecule has 64 valence electrons. The summed E-state index contributed by atoms with van der Waals surface area (Å²) >= 11 is 0. The summed E-state index contributed by atoms with van der Waals surface area (Å²) in [7, 11) is 0. The fourth-order valence-corrected chi connectivity index (χ4v) is 0.748. The van der Waals surface area contributed by atoms with Crippen LogP contribution in [0.5, 0.6) is 0 Å². The zero-order valence-corrected chi connectivity index (χ0v) is 6.80. The van der Waals surface area contributed by atoms with E-state index in [1.165, 1.54) is 12.4 Å². The Kier molecular flexibility index (Phi) is 3.19. The lowest BCUT2D eigenvalue weighted by atomic mass is 10.3. The highest BCUT2D eigenvalue weighted by atomic mass is 16.5. The first kappa shape index (κ1) is 8.64. The van der Waals surface area contributed by atoms with E-state index in [-0.39, 0.29) is 12.0 Å². The topological polar surface area (TPSA) is 51.0 Å². The minimum absolute atomic E-state index is 0.102. The van der Waals surface area contributed by atoms with Crippen molar-refractivity contribution in [3.63, 3.8) is 0 Å². The summed E-state index contributed by atoms with van der Waals surface area (Å²) in [4.78, 5) is 18.5. The van der Waals surface area contributed by atoms with Crippen molar-refractivity contribution in [2.24, 2.45) is 9.98 Å². The molecule has 0 spiro atoms. The van der Waals surface area contributed by atoms with E-state index in [1.54, 1.807) is 19.2 Å². The van der Waals surface area contributed by atoms with Crippen molar-refractivity contribution in [3.8, 4) is 0 Å². The van der Waals surface area contributed by atoms with Gasteiger partial charge < -0.3 is 4.74 Å². The molecule has 0 radical (unpaired) electrons. The van der Waals surface area contributed by atoms with Gasteiger partial charge in [-0.2, -0.15) is 0 Å². The van der Waals surface area contributed by atoms with Crippen molar-refractivity contribution in [3.05, 3.63) is 12.2 Å². The number of carbonyl (C=O) groups is 1. The van der Waals surface area contributed by atoms with Crippen LogP contribution in [-0.2, 0) is 9.53 Å². The van der Waals surface area contributed by atoms with Crippen molar-refractivity contribution in [1.29, 1.82) is 0 Å². The molecular formula is C8H10N2O2. The highest BCUT2D eigenvalue weighted by molar-refractivity contribution is 5.87. The van der Waals surface area contributed by atoms with E-state index in [4.69, 9.17) is 0 Å². The second-order valence-corrected chi connectivity index (χ2v) is 2.16. The predicted molar refractivity (Wildman–Crippen MR) is 46.5 cm³/mol. The van der Waals surface area contributed by atoms with Crippen LogP contribution in [0.15, 0.2) is 22.1 Å². The molecule has 0 N–H and O–H groups in total. The molecule has 0 bridgehead atoms. The molecule has 0 aromatic rings. The van der Waals surface area contributed by atoms with Gasteiger partial charge in [0.1, 0.15) is 12.4 Å². The molecule has 0 fully saturated rings. The van der Waals surface area contributed by atoms with Crippen LogP contribution in [0.25, 0.3) is 0 Å². The van der Waals surface area contributed by atoms with Gasteiger partial charge in [0.05, 0.1) is 6.61 Å². The normalized spacial score (nSPS) is 20.6. The van der Waals surface area contributed by atoms with E-state index in [9.17, 15) is 4.79 Å². The Bertz CT molecular complexity index is 231. The van der Waals surface area contributed by atoms with Gasteiger partial charge in [-0.3, -0.25) is 4.99 Å². The molecular weight excluding hydrogens is 156 g/mol. The van der Waals surface area contributed by atoms with E-state index in [0.717, 1.165) is 0 Å². The summed E-state index contributed by atoms with van der Waals surface area (Å²) in [6.07, 6.45) is 6.11. The van der Waals surface area contributed by atoms with E-state index in [2.05, 4.69) is 14.7 Å². The van der Waals surface area contributed by atoms with Gasteiger partial charge in [-0.1, -0.05) is 0 Å². The lowest BCUT2D eigenvalue weighted by molar-refractivity contribution is -0.137. The van der Waals surface area contributed by atoms with Crippen molar-refractivity contribution < 1.29 is 9.53 Å². The SMILES string of the molecule is CCOC(=O)/C=C/C1C=NC=N1. The smallest absolute Gasteiger partial charge is 0.330 e. The van der Waals surface area contributed by atoms with Gasteiger partial charge in [0.2, 0.25) is 0 Å². The molecule has 4 nitrogen and oxygen atoms in total. The molecule has 1 rings (SSSR count). The monoisotopic (exact) mass is 166 g/mol. The fourth-order valence-electron chi connectivity index (χ4n) is 0.748. The highest BCUT2D eigenvalue weighted by Gasteiger charge is 2.01. The van der Waals surface area contributed by atoms with Gasteiger partial charge in [0.25, 0.3) is 0 Å². The van der Waals surface area contributed by atoms with Gasteiger partial charge >= 0.3 is 5.97 Å². The van der Waals surface area contributed by atoms with Crippen LogP contribution in [0.2, 0.25) is 0 Å². The Morgan fingerprint density at radius 1 is 1.75 bits per heavy atom. The molecule has 1 unspecified atom stereocenters. The first-order valence-electron chi connectivity index (χ1n) is 3.73. The van der Waals surface area contributed by atoms with Gasteiger partial charge in [0.15, 0.2) is 0 Å². The standard InChI is InChI=1S/C8H10N2O2/c1-2-12-8(11)4-3-7-5-9-6-10-7/h3-7H,2H2,1H3/b4-3+. The van der Waals surface area contributed by atoms with E-state index in [1.807, 2.05) is 0 Å². The van der Waals surface area contributed by atoms with Crippen molar-refractivity contribution in [2.45, 2.75) is 13.0 Å². The summed E-state index contributed by atoms with van der Waals surface area (Å²) in [6, 6.07) is -0.102. The summed E-state index contributed by atoms with van der Waals surface area (Å²) < 4.78 is 4.68. The molecule has 0 amide bonds. The van der Waals surface area contributed by atoms with Gasteiger partial charge in [-0.05, 0) is 13.0 Å². The molecule has 0 saturated heterocycles. The maximum atomic E-state index is 10.8. The van der Waals surface area contributed by atoms with Crippen LogP contribution in [-0.4, -0.2) is 31.2 Å². The molecule has 1 atom stereocenters. The molecule has 0 aliphatic carbocycles. The maximum Gasteiger partial charge on any atom is 0.330 e. The maximum absolute atomic E-state index is 10.8. The second kappa shape index (κ2) is 4.43. The largest absolute Gasteiger partial charge is 0.463 e. The van der Waals surface area contributed by atoms with Crippen LogP contribution < -0.4 is 0 Å². The lowest BCUT2D eigenvalue weighted by Gasteiger charge is -1.95. The summed E-state index contributed by atoms with van der Waals surface area (Å²) in [5.41, 5.74) is 0. The average molecular weight is 166 g/mol. The minimum atomic E-state index is -0.340. The number of carbonyl (C=O) groups excluding carboxylic acids is 1. The zero-order chi connectivity index (χ0) is 8.81. The Balaban J connectivity index is 2.34. The summed E-state index contributed by atoms with van der Waals surface area (Å²) in [5, 5.41) is 0. The fraction of sp³-hybridized carbons (Fsp3) is 0.375. The predicted octanol–water partition coefficient (Wildman–Crippen LogP) is 0.587. The van der Waals surface area contributed by atoms with Crippen LogP contribution >= 0.6 is 0 Å². The van der Waals surface area contributed by atoms with E-state index >= 15 is 0 Å². The number of nitrogens with zero attached hydrogens (tertiary/aromatic N) is 2. The minimum Gasteiger partial charge on any atom is -0.463 e. The molecule has 0 aromatic heterocycles. The average Bonchev–Trinajstić information content (AvgIpc) is 2.53. The third-order valence-electron chi connectivity index (χ3n) is 1.26. The van der Waals surface area contributed by atoms with Crippen LogP contribution in [0.3, 0.4) is 0 Å². The summed E-state index contributed by atoms with van der Waals surface area (Å²) in [6.45, 7) is 2.16. The van der Waals surface area contributed by atoms with Gasteiger partial charge in [-0.25, -0.2) is 9.79 Å². The Hall–Kier alpha value is -1.45. The number of hydrogen-bond acceptors (Lipinski definition) is 4. The number of ether oxygens (including phenoxy) is 1. The van der Waals surface area contributed by atoms with Gasteiger partial charge in [-0.15, -0.1) is 0 Å². The third kappa shape index (κ3) is 2.65. The van der Waals surface area contributed by atoms with Gasteiger partial charge in [0, 0.05) is 12.3 Å². The molecule has 1 aliphatic heterocycles. The molecule has 12 heavy (non-hydrogen) atoms. The Morgan fingerprint density at radius 2 is 2.58 bits per heavy atom. The second-order valence-electron chi connectivity index (χ2n) is 2.16. The number of hydrogen-bond donors (Lipinski definition) is 0. The first-order valence-corrected chi connectivity index (χ1v) is 3.73. The van der Waals surface area contributed by atoms with Crippen LogP contribution in [0, 0.1) is 0 Å². The van der Waals surface area contributed by atoms with E-state index in [0.29, 0.717) is 6.61 Å². The number of rotatable bonds is 3. The molecule has 0 aromatic carbocycles. The van der Waals surface area contributed by atoms with Crippen LogP contribution in [0.4, 0.5) is 0 Å². The highest BCUT2D eigenvalue weighted by Crippen LogP contribution is 1.95. The molecule has 4 heteroatoms. The Morgan fingerprint density at radius 3 is 3.17 bits per heavy atom. The lowest BCUT2D eigenvalue weighted by Crippen LogP contribution is -2.02. The van der Waals surface area contributed by atoms with Crippen molar-refractivity contribution >= 4 is 18.5 Å². The molecule has 1 heterocycles. The van der Waals surface area contributed by atoms with Crippen LogP contribution in [0.1, 0.15) is 6.92 Å². The summed E-state index contributed by atoms with van der Waals surface area (Å²) in [5.74, 6) is -0.340. The third-order valence-corrected chi connectivity index (χ3v) is 1.26. The van der Waals surface area contributed by atoms with Crippen molar-refractivity contribution in [2.75, 3.05) is 6.61 Å². The number of aliphatic imine (C=N–C) groups is 2. The van der Waals surface area contributed by atoms with Crippen molar-refractivity contribution in [1.82, 2.24) is 0 Å². The number of esters is 1. The molecule has 1 aliphatic rings. The molecule has 0 saturated carbocycles.